The van der Waals surface area contributed by atoms with E-state index in [4.69, 9.17) is 17.3 Å². The van der Waals surface area contributed by atoms with Gasteiger partial charge in [-0.2, -0.15) is 0 Å². The van der Waals surface area contributed by atoms with E-state index in [1.807, 2.05) is 18.2 Å². The first-order valence-corrected chi connectivity index (χ1v) is 6.93. The third-order valence-corrected chi connectivity index (χ3v) is 3.47. The highest BCUT2D eigenvalue weighted by Crippen LogP contribution is 2.22. The Morgan fingerprint density at radius 3 is 2.57 bits per heavy atom. The van der Waals surface area contributed by atoms with Gasteiger partial charge in [-0.3, -0.25) is 9.59 Å². The van der Waals surface area contributed by atoms with Gasteiger partial charge in [0, 0.05) is 5.39 Å². The van der Waals surface area contributed by atoms with Crippen LogP contribution in [0.25, 0.3) is 10.9 Å². The van der Waals surface area contributed by atoms with Crippen molar-refractivity contribution in [3.8, 4) is 0 Å². The molecule has 0 radical (unpaired) electrons. The van der Waals surface area contributed by atoms with Crippen molar-refractivity contribution in [3.05, 3.63) is 41.0 Å². The van der Waals surface area contributed by atoms with Crippen molar-refractivity contribution in [2.45, 2.75) is 19.9 Å². The molecule has 0 saturated heterocycles. The number of aromatic nitrogens is 1. The number of nitrogens with zero attached hydrogens (tertiary/aromatic N) is 1. The second-order valence-electron chi connectivity index (χ2n) is 5.10. The molecular weight excluding hydrogens is 290 g/mol. The predicted octanol–water partition coefficient (Wildman–Crippen LogP) is 2.13. The van der Waals surface area contributed by atoms with Crippen LogP contribution in [-0.4, -0.2) is 22.8 Å². The molecule has 1 atom stereocenters. The van der Waals surface area contributed by atoms with Crippen LogP contribution in [-0.2, 0) is 4.79 Å². The summed E-state index contributed by atoms with van der Waals surface area (Å²) in [7, 11) is 0. The number of nitrogens with two attached hydrogens (primary N) is 1. The van der Waals surface area contributed by atoms with Crippen molar-refractivity contribution < 1.29 is 9.59 Å². The van der Waals surface area contributed by atoms with Crippen molar-refractivity contribution >= 4 is 34.3 Å². The Morgan fingerprint density at radius 1 is 1.29 bits per heavy atom. The fraction of sp³-hybridized carbons (Fsp3) is 0.267. The van der Waals surface area contributed by atoms with Crippen LogP contribution in [0.4, 0.5) is 0 Å². The third-order valence-electron chi connectivity index (χ3n) is 3.16. The average Bonchev–Trinajstić information content (AvgIpc) is 2.43. The van der Waals surface area contributed by atoms with E-state index in [1.54, 1.807) is 19.9 Å². The Morgan fingerprint density at radius 2 is 1.95 bits per heavy atom. The summed E-state index contributed by atoms with van der Waals surface area (Å²) in [4.78, 5) is 27.8. The lowest BCUT2D eigenvalue weighted by molar-refractivity contribution is -0.120. The highest BCUT2D eigenvalue weighted by atomic mass is 35.5. The van der Waals surface area contributed by atoms with Crippen molar-refractivity contribution in [2.75, 3.05) is 0 Å². The lowest BCUT2D eigenvalue weighted by Gasteiger charge is -2.18. The van der Waals surface area contributed by atoms with Crippen LogP contribution in [0.2, 0.25) is 5.02 Å². The van der Waals surface area contributed by atoms with E-state index >= 15 is 0 Å². The van der Waals surface area contributed by atoms with Gasteiger partial charge in [0.2, 0.25) is 5.91 Å². The summed E-state index contributed by atoms with van der Waals surface area (Å²) in [6, 6.07) is 7.99. The van der Waals surface area contributed by atoms with Crippen LogP contribution in [0.5, 0.6) is 0 Å². The fourth-order valence-electron chi connectivity index (χ4n) is 2.03. The predicted molar refractivity (Wildman–Crippen MR) is 82.0 cm³/mol. The zero-order chi connectivity index (χ0) is 15.6. The molecule has 2 amide bonds. The van der Waals surface area contributed by atoms with Crippen LogP contribution < -0.4 is 11.1 Å². The zero-order valence-electron chi connectivity index (χ0n) is 11.8. The van der Waals surface area contributed by atoms with E-state index in [-0.39, 0.29) is 11.6 Å². The molecule has 5 nitrogen and oxygen atoms in total. The SMILES string of the molecule is CC(C)C(NC(=O)c1cc(Cl)c2ccccc2n1)C(N)=O. The Labute approximate surface area is 127 Å². The van der Waals surface area contributed by atoms with Gasteiger partial charge in [0.25, 0.3) is 5.91 Å². The van der Waals surface area contributed by atoms with Crippen LogP contribution in [0, 0.1) is 5.92 Å². The Kier molecular flexibility index (Phi) is 4.43. The summed E-state index contributed by atoms with van der Waals surface area (Å²) in [5.41, 5.74) is 6.06. The number of halogens is 1. The number of primary amides is 1. The molecule has 1 aromatic heterocycles. The number of hydrogen-bond acceptors (Lipinski definition) is 3. The normalized spacial score (nSPS) is 12.4. The standard InChI is InChI=1S/C15H16ClN3O2/c1-8(2)13(14(17)20)19-15(21)12-7-10(16)9-5-3-4-6-11(9)18-12/h3-8,13H,1-2H3,(H2,17,20)(H,19,21). The largest absolute Gasteiger partial charge is 0.368 e. The van der Waals surface area contributed by atoms with Gasteiger partial charge in [0.15, 0.2) is 0 Å². The minimum absolute atomic E-state index is 0.109. The number of rotatable bonds is 4. The number of carbonyl (C=O) groups excluding carboxylic acids is 2. The maximum atomic E-state index is 12.2. The van der Waals surface area contributed by atoms with Crippen molar-refractivity contribution in [1.29, 1.82) is 0 Å². The number of para-hydroxylation sites is 1. The van der Waals surface area contributed by atoms with Gasteiger partial charge >= 0.3 is 0 Å². The molecule has 0 fully saturated rings. The van der Waals surface area contributed by atoms with Gasteiger partial charge in [-0.05, 0) is 18.1 Å². The smallest absolute Gasteiger partial charge is 0.270 e. The molecular formula is C15H16ClN3O2. The van der Waals surface area contributed by atoms with E-state index in [9.17, 15) is 9.59 Å². The highest BCUT2D eigenvalue weighted by molar-refractivity contribution is 6.35. The lowest BCUT2D eigenvalue weighted by Crippen LogP contribution is -2.47. The van der Waals surface area contributed by atoms with Crippen molar-refractivity contribution in [1.82, 2.24) is 10.3 Å². The fourth-order valence-corrected chi connectivity index (χ4v) is 2.29. The molecule has 1 heterocycles. The topological polar surface area (TPSA) is 85.1 Å². The summed E-state index contributed by atoms with van der Waals surface area (Å²) in [5.74, 6) is -1.16. The molecule has 0 aliphatic rings. The molecule has 2 aromatic rings. The molecule has 2 rings (SSSR count). The molecule has 3 N–H and O–H groups in total. The molecule has 0 bridgehead atoms. The summed E-state index contributed by atoms with van der Waals surface area (Å²) in [6.07, 6.45) is 0. The van der Waals surface area contributed by atoms with Crippen LogP contribution in [0.1, 0.15) is 24.3 Å². The van der Waals surface area contributed by atoms with Crippen molar-refractivity contribution in [2.24, 2.45) is 11.7 Å². The Bertz CT molecular complexity index is 700. The number of fused-ring (bicyclic) bond motifs is 1. The Balaban J connectivity index is 2.33. The van der Waals surface area contributed by atoms with Gasteiger partial charge < -0.3 is 11.1 Å². The molecule has 1 unspecified atom stereocenters. The maximum Gasteiger partial charge on any atom is 0.270 e. The molecule has 6 heteroatoms. The molecule has 0 aliphatic heterocycles. The minimum atomic E-state index is -0.746. The quantitative estimate of drug-likeness (QED) is 0.907. The second-order valence-corrected chi connectivity index (χ2v) is 5.51. The molecule has 21 heavy (non-hydrogen) atoms. The van der Waals surface area contributed by atoms with E-state index in [1.165, 1.54) is 6.07 Å². The van der Waals surface area contributed by atoms with Gasteiger partial charge in [0.05, 0.1) is 10.5 Å². The Hall–Kier alpha value is -2.14. The number of benzene rings is 1. The average molecular weight is 306 g/mol. The first-order valence-electron chi connectivity index (χ1n) is 6.55. The molecule has 0 saturated carbocycles. The summed E-state index contributed by atoms with van der Waals surface area (Å²) >= 11 is 6.16. The number of pyridine rings is 1. The van der Waals surface area contributed by atoms with Crippen LogP contribution >= 0.6 is 11.6 Å². The maximum absolute atomic E-state index is 12.2. The number of nitrogens with one attached hydrogen (secondary N) is 1. The van der Waals surface area contributed by atoms with Gasteiger partial charge in [-0.15, -0.1) is 0 Å². The monoisotopic (exact) mass is 305 g/mol. The van der Waals surface area contributed by atoms with E-state index in [0.717, 1.165) is 5.39 Å². The second kappa shape index (κ2) is 6.10. The third kappa shape index (κ3) is 3.31. The first kappa shape index (κ1) is 15.3. The number of amides is 2. The highest BCUT2D eigenvalue weighted by Gasteiger charge is 2.23. The number of carbonyl (C=O) groups is 2. The number of hydrogen-bond donors (Lipinski definition) is 2. The summed E-state index contributed by atoms with van der Waals surface area (Å²) in [6.45, 7) is 3.60. The molecule has 110 valence electrons. The molecule has 1 aromatic carbocycles. The van der Waals surface area contributed by atoms with Gasteiger partial charge in [-0.1, -0.05) is 43.6 Å². The zero-order valence-corrected chi connectivity index (χ0v) is 12.5. The van der Waals surface area contributed by atoms with E-state index in [2.05, 4.69) is 10.3 Å². The van der Waals surface area contributed by atoms with Crippen molar-refractivity contribution in [3.63, 3.8) is 0 Å². The molecule has 0 spiro atoms. The van der Waals surface area contributed by atoms with Gasteiger partial charge in [-0.25, -0.2) is 4.98 Å². The summed E-state index contributed by atoms with van der Waals surface area (Å²) < 4.78 is 0. The van der Waals surface area contributed by atoms with E-state index < -0.39 is 17.9 Å². The summed E-state index contributed by atoms with van der Waals surface area (Å²) in [5, 5.41) is 3.79. The van der Waals surface area contributed by atoms with Gasteiger partial charge in [0.1, 0.15) is 11.7 Å². The van der Waals surface area contributed by atoms with Crippen LogP contribution in [0.3, 0.4) is 0 Å². The van der Waals surface area contributed by atoms with E-state index in [0.29, 0.717) is 10.5 Å². The molecule has 0 aliphatic carbocycles. The first-order chi connectivity index (χ1) is 9.90. The van der Waals surface area contributed by atoms with Crippen LogP contribution in [0.15, 0.2) is 30.3 Å². The lowest BCUT2D eigenvalue weighted by atomic mass is 10.0. The minimum Gasteiger partial charge on any atom is -0.368 e.